The third-order valence-electron chi connectivity index (χ3n) is 5.90. The van der Waals surface area contributed by atoms with Crippen LogP contribution in [0.2, 0.25) is 0 Å². The Kier molecular flexibility index (Phi) is 5.17. The van der Waals surface area contributed by atoms with E-state index in [1.165, 1.54) is 11.1 Å². The van der Waals surface area contributed by atoms with Crippen LogP contribution in [0.4, 0.5) is 0 Å². The molecule has 4 heteroatoms. The van der Waals surface area contributed by atoms with Crippen LogP contribution in [0.25, 0.3) is 0 Å². The lowest BCUT2D eigenvalue weighted by molar-refractivity contribution is -0.138. The second-order valence-electron chi connectivity index (χ2n) is 7.96. The molecule has 2 aliphatic heterocycles. The third kappa shape index (κ3) is 3.86. The molecule has 4 nitrogen and oxygen atoms in total. The summed E-state index contributed by atoms with van der Waals surface area (Å²) < 4.78 is 6.22. The van der Waals surface area contributed by atoms with E-state index in [2.05, 4.69) is 47.4 Å². The molecule has 2 aromatic rings. The first kappa shape index (κ1) is 18.1. The maximum atomic E-state index is 12.8. The zero-order valence-electron chi connectivity index (χ0n) is 16.2. The van der Waals surface area contributed by atoms with Gasteiger partial charge < -0.3 is 9.64 Å². The van der Waals surface area contributed by atoms with Crippen LogP contribution in [0, 0.1) is 11.8 Å². The number of benzene rings is 2. The quantitative estimate of drug-likeness (QED) is 0.835. The molecule has 3 atom stereocenters. The number of carbonyl (C=O) groups excluding carboxylic acids is 1. The van der Waals surface area contributed by atoms with E-state index < -0.39 is 0 Å². The van der Waals surface area contributed by atoms with Crippen molar-refractivity contribution in [2.45, 2.75) is 25.5 Å². The van der Waals surface area contributed by atoms with Gasteiger partial charge in [0.05, 0.1) is 0 Å². The first-order valence-corrected chi connectivity index (χ1v) is 9.85. The van der Waals surface area contributed by atoms with E-state index in [0.717, 1.165) is 38.1 Å². The second-order valence-corrected chi connectivity index (χ2v) is 7.96. The summed E-state index contributed by atoms with van der Waals surface area (Å²) in [5.74, 6) is 1.66. The predicted molar refractivity (Wildman–Crippen MR) is 107 cm³/mol. The maximum absolute atomic E-state index is 12.8. The summed E-state index contributed by atoms with van der Waals surface area (Å²) in [6.45, 7) is 1.81. The number of hydrogen-bond donors (Lipinski definition) is 0. The Morgan fingerprint density at radius 1 is 1.11 bits per heavy atom. The fraction of sp³-hybridized carbons (Fsp3) is 0.435. The lowest BCUT2D eigenvalue weighted by Gasteiger charge is -2.41. The van der Waals surface area contributed by atoms with Gasteiger partial charge >= 0.3 is 0 Å². The van der Waals surface area contributed by atoms with E-state index in [0.29, 0.717) is 5.92 Å². The molecule has 27 heavy (non-hydrogen) atoms. The van der Waals surface area contributed by atoms with Gasteiger partial charge in [-0.1, -0.05) is 48.5 Å². The van der Waals surface area contributed by atoms with E-state index in [1.807, 2.05) is 26.2 Å². The van der Waals surface area contributed by atoms with Crippen molar-refractivity contribution < 1.29 is 9.53 Å². The number of hydrogen-bond acceptors (Lipinski definition) is 3. The predicted octanol–water partition coefficient (Wildman–Crippen LogP) is 3.22. The summed E-state index contributed by atoms with van der Waals surface area (Å²) >= 11 is 0. The molecule has 0 aliphatic carbocycles. The SMILES string of the molecule is CN(C)C(=O)C1CCN(C2Cc3ccccc3O2)CC1Cc1ccccc1. The Bertz CT molecular complexity index is 765. The van der Waals surface area contributed by atoms with Crippen LogP contribution in [-0.2, 0) is 17.6 Å². The van der Waals surface area contributed by atoms with E-state index in [9.17, 15) is 4.79 Å². The van der Waals surface area contributed by atoms with Gasteiger partial charge in [0.25, 0.3) is 0 Å². The van der Waals surface area contributed by atoms with Crippen LogP contribution < -0.4 is 4.74 Å². The summed E-state index contributed by atoms with van der Waals surface area (Å²) in [6, 6.07) is 18.8. The van der Waals surface area contributed by atoms with Crippen molar-refractivity contribution in [3.63, 3.8) is 0 Å². The summed E-state index contributed by atoms with van der Waals surface area (Å²) in [4.78, 5) is 17.0. The molecular weight excluding hydrogens is 336 g/mol. The molecule has 2 heterocycles. The number of likely N-dealkylation sites (tertiary alicyclic amines) is 1. The molecule has 0 N–H and O–H groups in total. The molecule has 0 radical (unpaired) electrons. The van der Waals surface area contributed by atoms with Crippen molar-refractivity contribution in [2.75, 3.05) is 27.2 Å². The fourth-order valence-electron chi connectivity index (χ4n) is 4.47. The lowest BCUT2D eigenvalue weighted by atomic mass is 9.80. The molecule has 1 saturated heterocycles. The van der Waals surface area contributed by atoms with Crippen molar-refractivity contribution in [2.24, 2.45) is 11.8 Å². The molecular formula is C23H28N2O2. The Morgan fingerprint density at radius 2 is 1.85 bits per heavy atom. The van der Waals surface area contributed by atoms with Crippen LogP contribution in [-0.4, -0.2) is 49.1 Å². The molecule has 4 rings (SSSR count). The van der Waals surface area contributed by atoms with Gasteiger partial charge in [-0.15, -0.1) is 0 Å². The van der Waals surface area contributed by atoms with Gasteiger partial charge in [-0.05, 0) is 36.0 Å². The van der Waals surface area contributed by atoms with E-state index in [-0.39, 0.29) is 18.1 Å². The Balaban J connectivity index is 1.50. The Morgan fingerprint density at radius 3 is 2.59 bits per heavy atom. The van der Waals surface area contributed by atoms with E-state index in [4.69, 9.17) is 4.74 Å². The van der Waals surface area contributed by atoms with Crippen molar-refractivity contribution in [3.8, 4) is 5.75 Å². The van der Waals surface area contributed by atoms with Gasteiger partial charge in [0.15, 0.2) is 6.23 Å². The minimum atomic E-state index is 0.0836. The van der Waals surface area contributed by atoms with Crippen molar-refractivity contribution >= 4 is 5.91 Å². The zero-order valence-corrected chi connectivity index (χ0v) is 16.2. The van der Waals surface area contributed by atoms with E-state index >= 15 is 0 Å². The summed E-state index contributed by atoms with van der Waals surface area (Å²) in [7, 11) is 3.73. The van der Waals surface area contributed by atoms with Gasteiger partial charge in [0.2, 0.25) is 5.91 Å². The van der Waals surface area contributed by atoms with Gasteiger partial charge in [-0.3, -0.25) is 9.69 Å². The maximum Gasteiger partial charge on any atom is 0.225 e. The molecule has 1 fully saturated rings. The second kappa shape index (κ2) is 7.73. The number of amides is 1. The molecule has 0 saturated carbocycles. The van der Waals surface area contributed by atoms with Gasteiger partial charge in [0.1, 0.15) is 5.75 Å². The fourth-order valence-corrected chi connectivity index (χ4v) is 4.47. The topological polar surface area (TPSA) is 32.8 Å². The largest absolute Gasteiger partial charge is 0.474 e. The average Bonchev–Trinajstić information content (AvgIpc) is 3.12. The number of piperidine rings is 1. The number of para-hydroxylation sites is 1. The van der Waals surface area contributed by atoms with E-state index in [1.54, 1.807) is 4.90 Å². The Labute approximate surface area is 161 Å². The van der Waals surface area contributed by atoms with Crippen LogP contribution in [0.5, 0.6) is 5.75 Å². The molecule has 0 spiro atoms. The minimum Gasteiger partial charge on any atom is -0.474 e. The molecule has 0 bridgehead atoms. The highest BCUT2D eigenvalue weighted by Gasteiger charge is 2.39. The van der Waals surface area contributed by atoms with Crippen LogP contribution in [0.15, 0.2) is 54.6 Å². The third-order valence-corrected chi connectivity index (χ3v) is 5.90. The van der Waals surface area contributed by atoms with Crippen molar-refractivity contribution in [3.05, 3.63) is 65.7 Å². The smallest absolute Gasteiger partial charge is 0.225 e. The van der Waals surface area contributed by atoms with Crippen LogP contribution >= 0.6 is 0 Å². The molecule has 1 amide bonds. The van der Waals surface area contributed by atoms with Gasteiger partial charge in [-0.25, -0.2) is 0 Å². The summed E-state index contributed by atoms with van der Waals surface area (Å²) in [5.41, 5.74) is 2.59. The first-order chi connectivity index (χ1) is 13.1. The summed E-state index contributed by atoms with van der Waals surface area (Å²) in [6.07, 6.45) is 2.85. The molecule has 142 valence electrons. The Hall–Kier alpha value is -2.33. The van der Waals surface area contributed by atoms with Crippen molar-refractivity contribution in [1.82, 2.24) is 9.80 Å². The molecule has 0 aromatic heterocycles. The lowest BCUT2D eigenvalue weighted by Crippen LogP contribution is -2.51. The average molecular weight is 364 g/mol. The number of rotatable bonds is 4. The number of nitrogens with zero attached hydrogens (tertiary/aromatic N) is 2. The zero-order chi connectivity index (χ0) is 18.8. The molecule has 3 unspecified atom stereocenters. The summed E-state index contributed by atoms with van der Waals surface area (Å²) in [5, 5.41) is 0. The molecule has 2 aromatic carbocycles. The number of fused-ring (bicyclic) bond motifs is 1. The van der Waals surface area contributed by atoms with Crippen LogP contribution in [0.3, 0.4) is 0 Å². The standard InChI is InChI=1S/C23H28N2O2/c1-24(2)23(26)20-12-13-25(16-19(20)14-17-8-4-3-5-9-17)22-15-18-10-6-7-11-21(18)27-22/h3-11,19-20,22H,12-16H2,1-2H3. The highest BCUT2D eigenvalue weighted by Crippen LogP contribution is 2.34. The monoisotopic (exact) mass is 364 g/mol. The minimum absolute atomic E-state index is 0.0836. The van der Waals surface area contributed by atoms with Gasteiger partial charge in [-0.2, -0.15) is 0 Å². The van der Waals surface area contributed by atoms with Crippen molar-refractivity contribution in [1.29, 1.82) is 0 Å². The number of carbonyl (C=O) groups is 1. The normalized spacial score (nSPS) is 24.9. The highest BCUT2D eigenvalue weighted by atomic mass is 16.5. The number of ether oxygens (including phenoxy) is 1. The van der Waals surface area contributed by atoms with Gasteiger partial charge in [0, 0.05) is 39.5 Å². The van der Waals surface area contributed by atoms with Crippen LogP contribution in [0.1, 0.15) is 17.5 Å². The first-order valence-electron chi connectivity index (χ1n) is 9.85. The highest BCUT2D eigenvalue weighted by molar-refractivity contribution is 5.78. The molecule has 2 aliphatic rings.